The van der Waals surface area contributed by atoms with Crippen LogP contribution in [0, 0.1) is 11.8 Å². The van der Waals surface area contributed by atoms with Crippen molar-refractivity contribution in [2.45, 2.75) is 41.2 Å². The smallest absolute Gasteiger partial charge is 0.128 e. The third-order valence-corrected chi connectivity index (χ3v) is 2.88. The fourth-order valence-corrected chi connectivity index (χ4v) is 2.16. The average molecular weight is 263 g/mol. The van der Waals surface area contributed by atoms with E-state index in [0.717, 1.165) is 32.0 Å². The van der Waals surface area contributed by atoms with Gasteiger partial charge in [-0.3, -0.25) is 0 Å². The molecule has 19 heavy (non-hydrogen) atoms. The van der Waals surface area contributed by atoms with Crippen LogP contribution in [-0.4, -0.2) is 24.6 Å². The number of nitrogens with zero attached hydrogens (tertiary/aromatic N) is 2. The number of aromatic nitrogens is 1. The standard InChI is InChI=1S/C16H29N3/c1-6-17-10-15-7-8-18-16(9-15)19(11-13(2)3)12-14(4)5/h7-9,13-14,17H,6,10-12H2,1-5H3. The van der Waals surface area contributed by atoms with E-state index in [1.807, 2.05) is 6.20 Å². The van der Waals surface area contributed by atoms with Crippen molar-refractivity contribution < 1.29 is 0 Å². The molecule has 0 aliphatic rings. The fraction of sp³-hybridized carbons (Fsp3) is 0.688. The summed E-state index contributed by atoms with van der Waals surface area (Å²) in [7, 11) is 0. The summed E-state index contributed by atoms with van der Waals surface area (Å²) < 4.78 is 0. The van der Waals surface area contributed by atoms with Gasteiger partial charge in [0, 0.05) is 25.8 Å². The second-order valence-electron chi connectivity index (χ2n) is 6.00. The summed E-state index contributed by atoms with van der Waals surface area (Å²) in [6.07, 6.45) is 1.93. The van der Waals surface area contributed by atoms with Crippen molar-refractivity contribution in [2.75, 3.05) is 24.5 Å². The number of rotatable bonds is 8. The topological polar surface area (TPSA) is 28.2 Å². The third-order valence-electron chi connectivity index (χ3n) is 2.88. The molecule has 1 heterocycles. The predicted molar refractivity (Wildman–Crippen MR) is 83.5 cm³/mol. The highest BCUT2D eigenvalue weighted by molar-refractivity contribution is 5.41. The summed E-state index contributed by atoms with van der Waals surface area (Å²) in [5.41, 5.74) is 1.31. The molecule has 1 aromatic rings. The molecule has 1 rings (SSSR count). The van der Waals surface area contributed by atoms with Crippen LogP contribution in [0.2, 0.25) is 0 Å². The van der Waals surface area contributed by atoms with Crippen LogP contribution in [0.5, 0.6) is 0 Å². The minimum Gasteiger partial charge on any atom is -0.356 e. The van der Waals surface area contributed by atoms with E-state index in [-0.39, 0.29) is 0 Å². The van der Waals surface area contributed by atoms with E-state index in [9.17, 15) is 0 Å². The minimum absolute atomic E-state index is 0.651. The molecule has 1 aromatic heterocycles. The number of hydrogen-bond donors (Lipinski definition) is 1. The zero-order chi connectivity index (χ0) is 14.3. The van der Waals surface area contributed by atoms with Crippen LogP contribution in [0.4, 0.5) is 5.82 Å². The molecule has 1 N–H and O–H groups in total. The maximum absolute atomic E-state index is 4.55. The molecule has 3 heteroatoms. The van der Waals surface area contributed by atoms with E-state index in [1.165, 1.54) is 5.56 Å². The molecule has 0 aliphatic carbocycles. The summed E-state index contributed by atoms with van der Waals surface area (Å²) >= 11 is 0. The second kappa shape index (κ2) is 8.16. The van der Waals surface area contributed by atoms with E-state index in [1.54, 1.807) is 0 Å². The minimum atomic E-state index is 0.651. The zero-order valence-electron chi connectivity index (χ0n) is 13.1. The van der Waals surface area contributed by atoms with Gasteiger partial charge >= 0.3 is 0 Å². The predicted octanol–water partition coefficient (Wildman–Crippen LogP) is 3.31. The van der Waals surface area contributed by atoms with Gasteiger partial charge in [-0.05, 0) is 36.1 Å². The van der Waals surface area contributed by atoms with Crippen LogP contribution in [0.3, 0.4) is 0 Å². The van der Waals surface area contributed by atoms with Crippen LogP contribution in [-0.2, 0) is 6.54 Å². The molecule has 0 saturated heterocycles. The van der Waals surface area contributed by atoms with Gasteiger partial charge in [0.15, 0.2) is 0 Å². The molecule has 0 atom stereocenters. The molecule has 3 nitrogen and oxygen atoms in total. The zero-order valence-corrected chi connectivity index (χ0v) is 13.1. The van der Waals surface area contributed by atoms with E-state index in [4.69, 9.17) is 0 Å². The van der Waals surface area contributed by atoms with Crippen LogP contribution < -0.4 is 10.2 Å². The lowest BCUT2D eigenvalue weighted by atomic mass is 10.1. The maximum Gasteiger partial charge on any atom is 0.128 e. The molecule has 0 spiro atoms. The number of nitrogens with one attached hydrogen (secondary N) is 1. The molecule has 0 amide bonds. The van der Waals surface area contributed by atoms with Gasteiger partial charge in [0.25, 0.3) is 0 Å². The fourth-order valence-electron chi connectivity index (χ4n) is 2.16. The molecule has 0 unspecified atom stereocenters. The Hall–Kier alpha value is -1.09. The van der Waals surface area contributed by atoms with Gasteiger partial charge in [0.2, 0.25) is 0 Å². The molecule has 108 valence electrons. The Morgan fingerprint density at radius 2 is 1.79 bits per heavy atom. The Kier molecular flexibility index (Phi) is 6.85. The van der Waals surface area contributed by atoms with Gasteiger partial charge in [-0.25, -0.2) is 4.98 Å². The summed E-state index contributed by atoms with van der Waals surface area (Å²) in [5.74, 6) is 2.41. The normalized spacial score (nSPS) is 11.3. The van der Waals surface area contributed by atoms with Crippen LogP contribution >= 0.6 is 0 Å². The molecular formula is C16H29N3. The van der Waals surface area contributed by atoms with Crippen molar-refractivity contribution in [3.8, 4) is 0 Å². The molecule has 0 radical (unpaired) electrons. The molecule has 0 saturated carbocycles. The van der Waals surface area contributed by atoms with Crippen molar-refractivity contribution in [1.29, 1.82) is 0 Å². The Bertz CT molecular complexity index is 351. The summed E-state index contributed by atoms with van der Waals surface area (Å²) in [5, 5.41) is 3.37. The largest absolute Gasteiger partial charge is 0.356 e. The van der Waals surface area contributed by atoms with E-state index in [2.05, 4.69) is 62.0 Å². The van der Waals surface area contributed by atoms with Crippen molar-refractivity contribution in [3.63, 3.8) is 0 Å². The first-order valence-electron chi connectivity index (χ1n) is 7.43. The summed E-state index contributed by atoms with van der Waals surface area (Å²) in [4.78, 5) is 6.96. The average Bonchev–Trinajstić information content (AvgIpc) is 2.35. The molecule has 0 aliphatic heterocycles. The maximum atomic E-state index is 4.55. The van der Waals surface area contributed by atoms with Gasteiger partial charge in [-0.1, -0.05) is 34.6 Å². The Labute approximate surface area is 118 Å². The van der Waals surface area contributed by atoms with Gasteiger partial charge in [-0.15, -0.1) is 0 Å². The molecular weight excluding hydrogens is 234 g/mol. The van der Waals surface area contributed by atoms with E-state index < -0.39 is 0 Å². The number of pyridine rings is 1. The van der Waals surface area contributed by atoms with Crippen molar-refractivity contribution in [3.05, 3.63) is 23.9 Å². The lowest BCUT2D eigenvalue weighted by molar-refractivity contribution is 0.548. The van der Waals surface area contributed by atoms with Gasteiger partial charge in [0.05, 0.1) is 0 Å². The second-order valence-corrected chi connectivity index (χ2v) is 6.00. The van der Waals surface area contributed by atoms with Gasteiger partial charge in [0.1, 0.15) is 5.82 Å². The SMILES string of the molecule is CCNCc1ccnc(N(CC(C)C)CC(C)C)c1. The summed E-state index contributed by atoms with van der Waals surface area (Å²) in [6, 6.07) is 4.31. The first-order valence-corrected chi connectivity index (χ1v) is 7.43. The number of anilines is 1. The highest BCUT2D eigenvalue weighted by Crippen LogP contribution is 2.16. The van der Waals surface area contributed by atoms with Crippen molar-refractivity contribution in [2.24, 2.45) is 11.8 Å². The van der Waals surface area contributed by atoms with Gasteiger partial charge in [-0.2, -0.15) is 0 Å². The van der Waals surface area contributed by atoms with E-state index >= 15 is 0 Å². The third kappa shape index (κ3) is 6.06. The Morgan fingerprint density at radius 3 is 2.32 bits per heavy atom. The Balaban J connectivity index is 2.81. The highest BCUT2D eigenvalue weighted by atomic mass is 15.2. The molecule has 0 fully saturated rings. The molecule has 0 aromatic carbocycles. The number of hydrogen-bond acceptors (Lipinski definition) is 3. The van der Waals surface area contributed by atoms with Crippen molar-refractivity contribution in [1.82, 2.24) is 10.3 Å². The lowest BCUT2D eigenvalue weighted by Crippen LogP contribution is -2.32. The first-order chi connectivity index (χ1) is 9.02. The van der Waals surface area contributed by atoms with Gasteiger partial charge < -0.3 is 10.2 Å². The Morgan fingerprint density at radius 1 is 1.16 bits per heavy atom. The lowest BCUT2D eigenvalue weighted by Gasteiger charge is -2.27. The molecule has 0 bridgehead atoms. The summed E-state index contributed by atoms with van der Waals surface area (Å²) in [6.45, 7) is 15.2. The van der Waals surface area contributed by atoms with Crippen LogP contribution in [0.1, 0.15) is 40.2 Å². The monoisotopic (exact) mass is 263 g/mol. The first kappa shape index (κ1) is 16.0. The highest BCUT2D eigenvalue weighted by Gasteiger charge is 2.12. The van der Waals surface area contributed by atoms with Crippen LogP contribution in [0.25, 0.3) is 0 Å². The van der Waals surface area contributed by atoms with Crippen molar-refractivity contribution >= 4 is 5.82 Å². The van der Waals surface area contributed by atoms with E-state index in [0.29, 0.717) is 11.8 Å². The quantitative estimate of drug-likeness (QED) is 0.780. The van der Waals surface area contributed by atoms with Crippen LogP contribution in [0.15, 0.2) is 18.3 Å².